The molecule has 0 aliphatic heterocycles. The Balaban J connectivity index is 2.15. The second-order valence-electron chi connectivity index (χ2n) is 4.48. The predicted molar refractivity (Wildman–Crippen MR) is 74.9 cm³/mol. The average Bonchev–Trinajstić information content (AvgIpc) is 2.97. The van der Waals surface area contributed by atoms with Gasteiger partial charge in [-0.1, -0.05) is 18.2 Å². The second kappa shape index (κ2) is 4.28. The number of hydrogen-bond acceptors (Lipinski definition) is 3. The quantitative estimate of drug-likeness (QED) is 0.761. The fourth-order valence-electron chi connectivity index (χ4n) is 2.06. The van der Waals surface area contributed by atoms with Crippen molar-refractivity contribution in [3.8, 4) is 17.1 Å². The van der Waals surface area contributed by atoms with E-state index in [9.17, 15) is 0 Å². The molecular weight excluding hydrogens is 238 g/mol. The van der Waals surface area contributed by atoms with Gasteiger partial charge in [0, 0.05) is 18.8 Å². The van der Waals surface area contributed by atoms with Gasteiger partial charge in [-0.3, -0.25) is 4.68 Å². The Hall–Kier alpha value is -2.56. The van der Waals surface area contributed by atoms with Gasteiger partial charge >= 0.3 is 0 Å². The van der Waals surface area contributed by atoms with Crippen LogP contribution in [0.4, 0.5) is 5.82 Å². The number of anilines is 1. The minimum absolute atomic E-state index is 0.645. The van der Waals surface area contributed by atoms with Crippen molar-refractivity contribution >= 4 is 5.82 Å². The molecule has 5 heteroatoms. The summed E-state index contributed by atoms with van der Waals surface area (Å²) in [7, 11) is 1.89. The maximum absolute atomic E-state index is 6.15. The molecule has 5 nitrogen and oxygen atoms in total. The van der Waals surface area contributed by atoms with Crippen LogP contribution in [-0.4, -0.2) is 19.6 Å². The van der Waals surface area contributed by atoms with Gasteiger partial charge in [0.2, 0.25) is 0 Å². The third-order valence-corrected chi connectivity index (χ3v) is 3.12. The number of nitrogens with zero attached hydrogens (tertiary/aromatic N) is 4. The third-order valence-electron chi connectivity index (χ3n) is 3.12. The average molecular weight is 253 g/mol. The predicted octanol–water partition coefficient (Wildman–Crippen LogP) is 2.16. The van der Waals surface area contributed by atoms with Crippen LogP contribution in [0.2, 0.25) is 0 Å². The van der Waals surface area contributed by atoms with E-state index in [0.717, 1.165) is 22.6 Å². The first-order chi connectivity index (χ1) is 9.16. The van der Waals surface area contributed by atoms with Gasteiger partial charge in [-0.25, -0.2) is 4.68 Å². The second-order valence-corrected chi connectivity index (χ2v) is 4.48. The number of aromatic nitrogens is 4. The number of nitrogen functional groups attached to an aromatic ring is 1. The van der Waals surface area contributed by atoms with Crippen molar-refractivity contribution in [2.45, 2.75) is 6.92 Å². The van der Waals surface area contributed by atoms with Gasteiger partial charge in [-0.05, 0) is 25.1 Å². The Kier molecular flexibility index (Phi) is 2.59. The molecule has 96 valence electrons. The molecule has 0 aliphatic rings. The van der Waals surface area contributed by atoms with Crippen LogP contribution in [0.3, 0.4) is 0 Å². The number of aryl methyl sites for hydroxylation is 1. The zero-order valence-electron chi connectivity index (χ0n) is 10.9. The van der Waals surface area contributed by atoms with E-state index in [2.05, 4.69) is 10.2 Å². The minimum Gasteiger partial charge on any atom is -0.383 e. The molecule has 19 heavy (non-hydrogen) atoms. The third kappa shape index (κ3) is 1.89. The van der Waals surface area contributed by atoms with Crippen molar-refractivity contribution < 1.29 is 0 Å². The number of para-hydroxylation sites is 1. The monoisotopic (exact) mass is 253 g/mol. The van der Waals surface area contributed by atoms with E-state index in [4.69, 9.17) is 5.73 Å². The summed E-state index contributed by atoms with van der Waals surface area (Å²) < 4.78 is 3.51. The first kappa shape index (κ1) is 11.5. The molecule has 0 radical (unpaired) electrons. The zero-order chi connectivity index (χ0) is 13.4. The molecule has 0 atom stereocenters. The van der Waals surface area contributed by atoms with Gasteiger partial charge in [-0.2, -0.15) is 10.2 Å². The summed E-state index contributed by atoms with van der Waals surface area (Å²) in [6, 6.07) is 11.8. The highest BCUT2D eigenvalue weighted by Crippen LogP contribution is 2.26. The first-order valence-electron chi connectivity index (χ1n) is 6.07. The van der Waals surface area contributed by atoms with Crippen LogP contribution < -0.4 is 5.73 Å². The Morgan fingerprint density at radius 3 is 2.42 bits per heavy atom. The SMILES string of the molecule is Cc1c(-c2ccn(C)n2)nn(-c2ccccc2)c1N. The molecule has 0 amide bonds. The van der Waals surface area contributed by atoms with Gasteiger partial charge in [0.1, 0.15) is 17.2 Å². The Bertz CT molecular complexity index is 709. The van der Waals surface area contributed by atoms with Crippen molar-refractivity contribution in [3.63, 3.8) is 0 Å². The van der Waals surface area contributed by atoms with Crippen molar-refractivity contribution in [2.24, 2.45) is 7.05 Å². The normalized spacial score (nSPS) is 10.8. The van der Waals surface area contributed by atoms with Crippen LogP contribution in [0, 0.1) is 6.92 Å². The maximum atomic E-state index is 6.15. The minimum atomic E-state index is 0.645. The van der Waals surface area contributed by atoms with Crippen LogP contribution in [0.25, 0.3) is 17.1 Å². The summed E-state index contributed by atoms with van der Waals surface area (Å²) in [6.07, 6.45) is 1.90. The molecule has 3 aromatic rings. The van der Waals surface area contributed by atoms with E-state index in [1.165, 1.54) is 0 Å². The van der Waals surface area contributed by atoms with Crippen molar-refractivity contribution in [2.75, 3.05) is 5.73 Å². The lowest BCUT2D eigenvalue weighted by Crippen LogP contribution is -2.01. The molecule has 0 saturated carbocycles. The Morgan fingerprint density at radius 2 is 1.79 bits per heavy atom. The first-order valence-corrected chi connectivity index (χ1v) is 6.07. The molecule has 0 spiro atoms. The molecule has 0 unspecified atom stereocenters. The molecule has 1 aromatic carbocycles. The fraction of sp³-hybridized carbons (Fsp3) is 0.143. The van der Waals surface area contributed by atoms with Crippen LogP contribution in [0.5, 0.6) is 0 Å². The summed E-state index contributed by atoms with van der Waals surface area (Å²) in [5.74, 6) is 0.645. The van der Waals surface area contributed by atoms with Crippen LogP contribution in [-0.2, 0) is 7.05 Å². The van der Waals surface area contributed by atoms with Gasteiger partial charge in [0.25, 0.3) is 0 Å². The highest BCUT2D eigenvalue weighted by molar-refractivity contribution is 5.66. The number of hydrogen-bond donors (Lipinski definition) is 1. The van der Waals surface area contributed by atoms with Crippen molar-refractivity contribution in [1.82, 2.24) is 19.6 Å². The smallest absolute Gasteiger partial charge is 0.130 e. The molecule has 3 rings (SSSR count). The summed E-state index contributed by atoms with van der Waals surface area (Å²) in [6.45, 7) is 1.96. The van der Waals surface area contributed by atoms with Crippen LogP contribution in [0.15, 0.2) is 42.6 Å². The molecule has 0 bridgehead atoms. The summed E-state index contributed by atoms with van der Waals surface area (Å²) in [5, 5.41) is 8.95. The molecule has 2 heterocycles. The lowest BCUT2D eigenvalue weighted by Gasteiger charge is -2.02. The molecule has 0 saturated heterocycles. The lowest BCUT2D eigenvalue weighted by atomic mass is 10.2. The van der Waals surface area contributed by atoms with Gasteiger partial charge in [0.15, 0.2) is 0 Å². The largest absolute Gasteiger partial charge is 0.383 e. The fourth-order valence-corrected chi connectivity index (χ4v) is 2.06. The summed E-state index contributed by atoms with van der Waals surface area (Å²) >= 11 is 0. The van der Waals surface area contributed by atoms with E-state index in [1.54, 1.807) is 9.36 Å². The standard InChI is InChI=1S/C14H15N5/c1-10-13(12-8-9-18(2)16-12)17-19(14(10)15)11-6-4-3-5-7-11/h3-9H,15H2,1-2H3. The van der Waals surface area contributed by atoms with E-state index in [0.29, 0.717) is 5.82 Å². The Labute approximate surface area is 111 Å². The topological polar surface area (TPSA) is 61.7 Å². The number of nitrogens with two attached hydrogens (primary N) is 1. The molecule has 0 aliphatic carbocycles. The lowest BCUT2D eigenvalue weighted by molar-refractivity contribution is 0.768. The van der Waals surface area contributed by atoms with E-state index in [-0.39, 0.29) is 0 Å². The maximum Gasteiger partial charge on any atom is 0.130 e. The highest BCUT2D eigenvalue weighted by atomic mass is 15.3. The van der Waals surface area contributed by atoms with E-state index in [1.807, 2.05) is 56.6 Å². The van der Waals surface area contributed by atoms with Crippen molar-refractivity contribution in [3.05, 3.63) is 48.2 Å². The van der Waals surface area contributed by atoms with Gasteiger partial charge < -0.3 is 5.73 Å². The van der Waals surface area contributed by atoms with Gasteiger partial charge in [-0.15, -0.1) is 0 Å². The molecule has 2 aromatic heterocycles. The molecule has 0 fully saturated rings. The van der Waals surface area contributed by atoms with Crippen LogP contribution in [0.1, 0.15) is 5.56 Å². The van der Waals surface area contributed by atoms with E-state index < -0.39 is 0 Å². The number of benzene rings is 1. The van der Waals surface area contributed by atoms with Crippen molar-refractivity contribution in [1.29, 1.82) is 0 Å². The zero-order valence-corrected chi connectivity index (χ0v) is 10.9. The van der Waals surface area contributed by atoms with Crippen LogP contribution >= 0.6 is 0 Å². The van der Waals surface area contributed by atoms with Gasteiger partial charge in [0.05, 0.1) is 5.69 Å². The molecule has 2 N–H and O–H groups in total. The van der Waals surface area contributed by atoms with E-state index >= 15 is 0 Å². The summed E-state index contributed by atoms with van der Waals surface area (Å²) in [4.78, 5) is 0. The Morgan fingerprint density at radius 1 is 1.05 bits per heavy atom. The molecular formula is C14H15N5. The highest BCUT2D eigenvalue weighted by Gasteiger charge is 2.16. The summed E-state index contributed by atoms with van der Waals surface area (Å²) in [5.41, 5.74) is 9.70. The number of rotatable bonds is 2.